The van der Waals surface area contributed by atoms with Crippen molar-refractivity contribution in [3.63, 3.8) is 0 Å². The second kappa shape index (κ2) is 3.65. The van der Waals surface area contributed by atoms with E-state index in [1.807, 2.05) is 30.3 Å². The molecule has 0 aliphatic rings. The highest BCUT2D eigenvalue weighted by molar-refractivity contribution is 5.32. The van der Waals surface area contributed by atoms with Crippen LogP contribution in [0.1, 0.15) is 5.56 Å². The summed E-state index contributed by atoms with van der Waals surface area (Å²) in [6, 6.07) is 12.5. The molecule has 0 fully saturated rings. The van der Waals surface area contributed by atoms with Gasteiger partial charge >= 0.3 is 0 Å². The van der Waals surface area contributed by atoms with Gasteiger partial charge in [-0.1, -0.05) is 18.2 Å². The first-order valence-corrected chi connectivity index (χ1v) is 3.34. The zero-order chi connectivity index (χ0) is 8.10. The average molecular weight is 146 g/mol. The van der Waals surface area contributed by atoms with Gasteiger partial charge in [0, 0.05) is 18.7 Å². The van der Waals surface area contributed by atoms with Crippen molar-refractivity contribution < 1.29 is 0 Å². The predicted octanol–water partition coefficient (Wildman–Crippen LogP) is 0.801. The Labute approximate surface area is 66.6 Å². The lowest BCUT2D eigenvalue weighted by molar-refractivity contribution is 0.515. The van der Waals surface area contributed by atoms with Gasteiger partial charge in [0.05, 0.1) is 0 Å². The summed E-state index contributed by atoms with van der Waals surface area (Å²) in [5.41, 5.74) is 0.977. The van der Waals surface area contributed by atoms with Crippen LogP contribution in [-0.2, 0) is 0 Å². The Balaban J connectivity index is 2.75. The SMILES string of the molecule is CN(N)C#Cc1ccccc1. The molecule has 0 aromatic heterocycles. The van der Waals surface area contributed by atoms with E-state index >= 15 is 0 Å². The number of nitrogens with zero attached hydrogens (tertiary/aromatic N) is 1. The highest BCUT2D eigenvalue weighted by Crippen LogP contribution is 1.94. The second-order valence-corrected chi connectivity index (χ2v) is 2.21. The summed E-state index contributed by atoms with van der Waals surface area (Å²) in [6.45, 7) is 0. The van der Waals surface area contributed by atoms with Gasteiger partial charge in [0.1, 0.15) is 0 Å². The molecule has 0 heterocycles. The summed E-state index contributed by atoms with van der Waals surface area (Å²) < 4.78 is 0. The highest BCUT2D eigenvalue weighted by Gasteiger charge is 1.80. The Bertz CT molecular complexity index is 267. The van der Waals surface area contributed by atoms with Gasteiger partial charge in [0.2, 0.25) is 0 Å². The van der Waals surface area contributed by atoms with Crippen molar-refractivity contribution in [1.29, 1.82) is 0 Å². The number of rotatable bonds is 0. The van der Waals surface area contributed by atoms with Crippen LogP contribution in [0.15, 0.2) is 30.3 Å². The van der Waals surface area contributed by atoms with Crippen molar-refractivity contribution in [2.75, 3.05) is 7.05 Å². The van der Waals surface area contributed by atoms with Crippen molar-refractivity contribution in [2.24, 2.45) is 5.84 Å². The van der Waals surface area contributed by atoms with Crippen LogP contribution < -0.4 is 5.84 Å². The van der Waals surface area contributed by atoms with E-state index in [-0.39, 0.29) is 0 Å². The zero-order valence-electron chi connectivity index (χ0n) is 6.41. The zero-order valence-corrected chi connectivity index (χ0v) is 6.41. The highest BCUT2D eigenvalue weighted by atomic mass is 15.4. The molecule has 1 aromatic rings. The second-order valence-electron chi connectivity index (χ2n) is 2.21. The largest absolute Gasteiger partial charge is 0.273 e. The molecule has 0 unspecified atom stereocenters. The van der Waals surface area contributed by atoms with Crippen molar-refractivity contribution in [3.8, 4) is 12.0 Å². The minimum atomic E-state index is 0.977. The quantitative estimate of drug-likeness (QED) is 0.254. The minimum absolute atomic E-state index is 0.977. The molecule has 1 rings (SSSR count). The normalized spacial score (nSPS) is 8.18. The number of hydrogen-bond donors (Lipinski definition) is 1. The van der Waals surface area contributed by atoms with Crippen LogP contribution in [0.25, 0.3) is 0 Å². The summed E-state index contributed by atoms with van der Waals surface area (Å²) >= 11 is 0. The molecule has 1 aromatic carbocycles. The molecule has 2 heteroatoms. The molecule has 2 N–H and O–H groups in total. The molecule has 0 aliphatic carbocycles. The fourth-order valence-corrected chi connectivity index (χ4v) is 0.674. The summed E-state index contributed by atoms with van der Waals surface area (Å²) in [4.78, 5) is 0. The van der Waals surface area contributed by atoms with Crippen LogP contribution in [0.3, 0.4) is 0 Å². The van der Waals surface area contributed by atoms with E-state index in [0.717, 1.165) is 5.56 Å². The lowest BCUT2D eigenvalue weighted by atomic mass is 10.2. The molecule has 0 atom stereocenters. The molecule has 2 nitrogen and oxygen atoms in total. The molecule has 11 heavy (non-hydrogen) atoms. The van der Waals surface area contributed by atoms with Crippen LogP contribution in [0.5, 0.6) is 0 Å². The third-order valence-electron chi connectivity index (χ3n) is 1.15. The maximum atomic E-state index is 5.30. The van der Waals surface area contributed by atoms with E-state index in [9.17, 15) is 0 Å². The maximum Gasteiger partial charge on any atom is 0.0316 e. The number of hydrazine groups is 1. The Morgan fingerprint density at radius 3 is 2.45 bits per heavy atom. The standard InChI is InChI=1S/C9H10N2/c1-11(10)8-7-9-5-3-2-4-6-9/h2-6H,10H2,1H3. The van der Waals surface area contributed by atoms with Crippen LogP contribution in [0.4, 0.5) is 0 Å². The molecule has 0 amide bonds. The predicted molar refractivity (Wildman–Crippen MR) is 45.3 cm³/mol. The van der Waals surface area contributed by atoms with E-state index in [1.165, 1.54) is 5.01 Å². The smallest absolute Gasteiger partial charge is 0.0316 e. The lowest BCUT2D eigenvalue weighted by Crippen LogP contribution is -2.18. The van der Waals surface area contributed by atoms with Gasteiger partial charge in [-0.05, 0) is 18.1 Å². The molecular weight excluding hydrogens is 136 g/mol. The number of nitrogens with two attached hydrogens (primary N) is 1. The third-order valence-corrected chi connectivity index (χ3v) is 1.15. The fraction of sp³-hybridized carbons (Fsp3) is 0.111. The van der Waals surface area contributed by atoms with E-state index in [1.54, 1.807) is 7.05 Å². The molecule has 0 radical (unpaired) electrons. The number of benzene rings is 1. The van der Waals surface area contributed by atoms with Crippen molar-refractivity contribution in [1.82, 2.24) is 5.01 Å². The van der Waals surface area contributed by atoms with E-state index < -0.39 is 0 Å². The van der Waals surface area contributed by atoms with Crippen LogP contribution in [-0.4, -0.2) is 12.1 Å². The van der Waals surface area contributed by atoms with Crippen molar-refractivity contribution >= 4 is 0 Å². The Kier molecular flexibility index (Phi) is 2.53. The molecule has 0 aliphatic heterocycles. The topological polar surface area (TPSA) is 29.3 Å². The molecule has 56 valence electrons. The third kappa shape index (κ3) is 2.74. The monoisotopic (exact) mass is 146 g/mol. The van der Waals surface area contributed by atoms with Gasteiger partial charge in [-0.25, -0.2) is 5.84 Å². The van der Waals surface area contributed by atoms with E-state index in [0.29, 0.717) is 0 Å². The van der Waals surface area contributed by atoms with Gasteiger partial charge in [-0.3, -0.25) is 5.01 Å². The lowest BCUT2D eigenvalue weighted by Gasteiger charge is -1.96. The fourth-order valence-electron chi connectivity index (χ4n) is 0.674. The number of hydrogen-bond acceptors (Lipinski definition) is 2. The molecule has 0 bridgehead atoms. The Hall–Kier alpha value is -1.46. The first-order valence-electron chi connectivity index (χ1n) is 3.34. The van der Waals surface area contributed by atoms with Crippen molar-refractivity contribution in [3.05, 3.63) is 35.9 Å². The summed E-state index contributed by atoms with van der Waals surface area (Å²) in [7, 11) is 1.70. The van der Waals surface area contributed by atoms with Crippen LogP contribution in [0.2, 0.25) is 0 Å². The Morgan fingerprint density at radius 2 is 1.91 bits per heavy atom. The first-order chi connectivity index (χ1) is 5.29. The molecule has 0 saturated carbocycles. The first kappa shape index (κ1) is 7.64. The van der Waals surface area contributed by atoms with Gasteiger partial charge in [-0.15, -0.1) is 0 Å². The van der Waals surface area contributed by atoms with Crippen molar-refractivity contribution in [2.45, 2.75) is 0 Å². The van der Waals surface area contributed by atoms with Crippen LogP contribution in [0, 0.1) is 12.0 Å². The molecule has 0 spiro atoms. The summed E-state index contributed by atoms with van der Waals surface area (Å²) in [5.74, 6) is 8.19. The van der Waals surface area contributed by atoms with Gasteiger partial charge < -0.3 is 0 Å². The minimum Gasteiger partial charge on any atom is -0.273 e. The Morgan fingerprint density at radius 1 is 1.27 bits per heavy atom. The summed E-state index contributed by atoms with van der Waals surface area (Å²) in [5, 5.41) is 1.34. The average Bonchev–Trinajstić information content (AvgIpc) is 2.03. The maximum absolute atomic E-state index is 5.30. The van der Waals surface area contributed by atoms with Gasteiger partial charge in [0.25, 0.3) is 0 Å². The summed E-state index contributed by atoms with van der Waals surface area (Å²) in [6.07, 6.45) is 0. The van der Waals surface area contributed by atoms with Gasteiger partial charge in [0.15, 0.2) is 0 Å². The van der Waals surface area contributed by atoms with Crippen LogP contribution >= 0.6 is 0 Å². The van der Waals surface area contributed by atoms with Gasteiger partial charge in [-0.2, -0.15) is 0 Å². The van der Waals surface area contributed by atoms with E-state index in [4.69, 9.17) is 5.84 Å². The molecule has 0 saturated heterocycles. The molecular formula is C9H10N2. The van der Waals surface area contributed by atoms with E-state index in [2.05, 4.69) is 12.0 Å².